The van der Waals surface area contributed by atoms with Crippen molar-refractivity contribution in [1.29, 1.82) is 0 Å². The molecule has 1 aliphatic rings. The lowest BCUT2D eigenvalue weighted by Crippen LogP contribution is -2.40. The average molecular weight is 472 g/mol. The number of pyridine rings is 1. The number of aromatic nitrogens is 1. The lowest BCUT2D eigenvalue weighted by molar-refractivity contribution is -0.133. The maximum atomic E-state index is 12.8. The number of fused-ring (bicyclic) bond motifs is 1. The van der Waals surface area contributed by atoms with Crippen LogP contribution in [0.5, 0.6) is 5.75 Å². The third-order valence-corrected chi connectivity index (χ3v) is 6.41. The lowest BCUT2D eigenvalue weighted by atomic mass is 9.87. The van der Waals surface area contributed by atoms with Gasteiger partial charge in [-0.25, -0.2) is 0 Å². The van der Waals surface area contributed by atoms with Gasteiger partial charge in [-0.05, 0) is 61.2 Å². The van der Waals surface area contributed by atoms with Gasteiger partial charge in [-0.3, -0.25) is 14.6 Å². The van der Waals surface area contributed by atoms with Gasteiger partial charge in [0.15, 0.2) is 6.10 Å². The average Bonchev–Trinajstić information content (AvgIpc) is 2.88. The Hall–Kier alpha value is -3.67. The van der Waals surface area contributed by atoms with E-state index in [1.165, 1.54) is 5.56 Å². The van der Waals surface area contributed by atoms with Crippen molar-refractivity contribution in [3.63, 3.8) is 0 Å². The van der Waals surface area contributed by atoms with Gasteiger partial charge >= 0.3 is 0 Å². The van der Waals surface area contributed by atoms with E-state index in [1.807, 2.05) is 48.2 Å². The molecule has 6 heteroatoms. The molecule has 2 aromatic carbocycles. The first-order valence-corrected chi connectivity index (χ1v) is 12.3. The maximum Gasteiger partial charge on any atom is 0.260 e. The summed E-state index contributed by atoms with van der Waals surface area (Å²) < 4.78 is 6.04. The third-order valence-electron chi connectivity index (χ3n) is 6.41. The van der Waals surface area contributed by atoms with E-state index in [-0.39, 0.29) is 17.9 Å². The predicted molar refractivity (Wildman–Crippen MR) is 136 cm³/mol. The van der Waals surface area contributed by atoms with Crippen LogP contribution in [-0.4, -0.2) is 40.9 Å². The molecule has 3 aromatic rings. The van der Waals surface area contributed by atoms with Crippen molar-refractivity contribution in [2.75, 3.05) is 13.1 Å². The molecule has 2 amide bonds. The Morgan fingerprint density at radius 3 is 2.74 bits per heavy atom. The smallest absolute Gasteiger partial charge is 0.260 e. The van der Waals surface area contributed by atoms with Gasteiger partial charge in [-0.2, -0.15) is 0 Å². The zero-order valence-electron chi connectivity index (χ0n) is 20.7. The van der Waals surface area contributed by atoms with Crippen molar-refractivity contribution in [2.45, 2.75) is 52.2 Å². The number of aryl methyl sites for hydroxylation is 1. The second kappa shape index (κ2) is 11.2. The Morgan fingerprint density at radius 2 is 2.00 bits per heavy atom. The molecule has 2 heterocycles. The minimum atomic E-state index is -0.647. The van der Waals surface area contributed by atoms with Crippen LogP contribution in [0.3, 0.4) is 0 Å². The zero-order valence-corrected chi connectivity index (χ0v) is 20.7. The molecule has 4 rings (SSSR count). The molecule has 0 radical (unpaired) electrons. The Bertz CT molecular complexity index is 1180. The van der Waals surface area contributed by atoms with E-state index in [2.05, 4.69) is 41.5 Å². The van der Waals surface area contributed by atoms with Crippen LogP contribution < -0.4 is 10.1 Å². The van der Waals surface area contributed by atoms with Crippen molar-refractivity contribution in [3.8, 4) is 5.75 Å². The van der Waals surface area contributed by atoms with Crippen LogP contribution in [0, 0.1) is 6.92 Å². The van der Waals surface area contributed by atoms with Crippen molar-refractivity contribution in [1.82, 2.24) is 15.2 Å². The molecule has 0 spiro atoms. The minimum Gasteiger partial charge on any atom is -0.481 e. The van der Waals surface area contributed by atoms with Crippen LogP contribution in [0.15, 0.2) is 66.9 Å². The summed E-state index contributed by atoms with van der Waals surface area (Å²) in [6.07, 6.45) is 3.03. The zero-order chi connectivity index (χ0) is 24.8. The molecular weight excluding hydrogens is 438 g/mol. The molecule has 1 N–H and O–H groups in total. The molecule has 2 atom stereocenters. The molecule has 0 aliphatic carbocycles. The van der Waals surface area contributed by atoms with Gasteiger partial charge in [0, 0.05) is 37.8 Å². The first kappa shape index (κ1) is 24.5. The van der Waals surface area contributed by atoms with Gasteiger partial charge in [0.25, 0.3) is 5.91 Å². The van der Waals surface area contributed by atoms with Crippen LogP contribution in [0.25, 0.3) is 0 Å². The van der Waals surface area contributed by atoms with Crippen molar-refractivity contribution < 1.29 is 14.3 Å². The number of hydrogen-bond donors (Lipinski definition) is 1. The van der Waals surface area contributed by atoms with E-state index in [0.717, 1.165) is 28.8 Å². The van der Waals surface area contributed by atoms with Crippen LogP contribution in [0.1, 0.15) is 54.3 Å². The van der Waals surface area contributed by atoms with Gasteiger partial charge < -0.3 is 15.0 Å². The Morgan fingerprint density at radius 1 is 1.14 bits per heavy atom. The van der Waals surface area contributed by atoms with Crippen molar-refractivity contribution in [2.24, 2.45) is 0 Å². The molecule has 0 bridgehead atoms. The molecule has 35 heavy (non-hydrogen) atoms. The number of rotatable bonds is 8. The van der Waals surface area contributed by atoms with E-state index in [9.17, 15) is 9.59 Å². The number of ether oxygens (including phenoxy) is 1. The molecule has 6 nitrogen and oxygen atoms in total. The highest BCUT2D eigenvalue weighted by Gasteiger charge is 2.32. The van der Waals surface area contributed by atoms with Crippen molar-refractivity contribution in [3.05, 3.63) is 94.8 Å². The summed E-state index contributed by atoms with van der Waals surface area (Å²) in [5.41, 5.74) is 5.44. The van der Waals surface area contributed by atoms with Crippen LogP contribution >= 0.6 is 0 Å². The summed E-state index contributed by atoms with van der Waals surface area (Å²) in [5, 5.41) is 2.93. The first-order valence-electron chi connectivity index (χ1n) is 12.3. The Labute approximate surface area is 207 Å². The standard InChI is InChI=1S/C29H33N3O3/c1-4-27(33)32-17-14-22-11-12-25(19-26(22)28(32)23-9-7-8-20(2)18-23)35-21(3)29(34)31-16-13-24-10-5-6-15-30-24/h5-12,15,18-19,21,28H,4,13-14,16-17H2,1-3H3,(H,31,34). The number of nitrogens with zero attached hydrogens (tertiary/aromatic N) is 2. The highest BCUT2D eigenvalue weighted by molar-refractivity contribution is 5.80. The van der Waals surface area contributed by atoms with E-state index < -0.39 is 6.10 Å². The molecular formula is C29H33N3O3. The van der Waals surface area contributed by atoms with Gasteiger partial charge in [0.05, 0.1) is 6.04 Å². The Kier molecular flexibility index (Phi) is 7.80. The van der Waals surface area contributed by atoms with Gasteiger partial charge in [-0.1, -0.05) is 48.9 Å². The largest absolute Gasteiger partial charge is 0.481 e. The van der Waals surface area contributed by atoms with Crippen LogP contribution in [0.4, 0.5) is 0 Å². The third kappa shape index (κ3) is 5.88. The molecule has 0 saturated heterocycles. The second-order valence-electron chi connectivity index (χ2n) is 8.99. The van der Waals surface area contributed by atoms with Crippen LogP contribution in [-0.2, 0) is 22.4 Å². The monoisotopic (exact) mass is 471 g/mol. The number of amides is 2. The highest BCUT2D eigenvalue weighted by Crippen LogP contribution is 2.38. The summed E-state index contributed by atoms with van der Waals surface area (Å²) in [5.74, 6) is 0.588. The van der Waals surface area contributed by atoms with Crippen LogP contribution in [0.2, 0.25) is 0 Å². The van der Waals surface area contributed by atoms with E-state index >= 15 is 0 Å². The summed E-state index contributed by atoms with van der Waals surface area (Å²) in [6, 6.07) is 19.9. The van der Waals surface area contributed by atoms with Gasteiger partial charge in [0.1, 0.15) is 5.75 Å². The highest BCUT2D eigenvalue weighted by atomic mass is 16.5. The summed E-state index contributed by atoms with van der Waals surface area (Å²) in [7, 11) is 0. The fourth-order valence-corrected chi connectivity index (χ4v) is 4.60. The molecule has 0 fully saturated rings. The number of nitrogens with one attached hydrogen (secondary N) is 1. The topological polar surface area (TPSA) is 71.5 Å². The van der Waals surface area contributed by atoms with Gasteiger partial charge in [0.2, 0.25) is 5.91 Å². The van der Waals surface area contributed by atoms with E-state index in [0.29, 0.717) is 31.7 Å². The number of benzene rings is 2. The number of hydrogen-bond acceptors (Lipinski definition) is 4. The minimum absolute atomic E-state index is 0.133. The fraction of sp³-hybridized carbons (Fsp3) is 0.345. The lowest BCUT2D eigenvalue weighted by Gasteiger charge is -2.38. The molecule has 1 aliphatic heterocycles. The maximum absolute atomic E-state index is 12.8. The molecule has 2 unspecified atom stereocenters. The SMILES string of the molecule is CCC(=O)N1CCc2ccc(OC(C)C(=O)NCCc3ccccn3)cc2C1c1cccc(C)c1. The first-order chi connectivity index (χ1) is 17.0. The summed E-state index contributed by atoms with van der Waals surface area (Å²) in [4.78, 5) is 31.7. The summed E-state index contributed by atoms with van der Waals surface area (Å²) in [6.45, 7) is 6.90. The number of carbonyl (C=O) groups excluding carboxylic acids is 2. The molecule has 0 saturated carbocycles. The Balaban J connectivity index is 1.50. The quantitative estimate of drug-likeness (QED) is 0.529. The van der Waals surface area contributed by atoms with Crippen molar-refractivity contribution >= 4 is 11.8 Å². The van der Waals surface area contributed by atoms with Gasteiger partial charge in [-0.15, -0.1) is 0 Å². The second-order valence-corrected chi connectivity index (χ2v) is 8.99. The van der Waals surface area contributed by atoms with E-state index in [4.69, 9.17) is 4.74 Å². The molecule has 1 aromatic heterocycles. The fourth-order valence-electron chi connectivity index (χ4n) is 4.60. The number of carbonyl (C=O) groups is 2. The summed E-state index contributed by atoms with van der Waals surface area (Å²) >= 11 is 0. The predicted octanol–water partition coefficient (Wildman–Crippen LogP) is 4.40. The normalized spacial score (nSPS) is 15.7. The van der Waals surface area contributed by atoms with E-state index in [1.54, 1.807) is 13.1 Å². The molecule has 182 valence electrons.